The van der Waals surface area contributed by atoms with E-state index in [1.807, 2.05) is 19.1 Å². The van der Waals surface area contributed by atoms with Gasteiger partial charge in [-0.2, -0.15) is 0 Å². The van der Waals surface area contributed by atoms with Crippen LogP contribution in [-0.4, -0.2) is 49.0 Å². The van der Waals surface area contributed by atoms with Gasteiger partial charge in [0.1, 0.15) is 0 Å². The Morgan fingerprint density at radius 2 is 1.95 bits per heavy atom. The number of aliphatic hydroxyl groups excluding tert-OH is 1. The topological polar surface area (TPSA) is 83.6 Å². The number of thioether (sulfide) groups is 1. The van der Waals surface area contributed by atoms with Gasteiger partial charge in [-0.1, -0.05) is 6.92 Å². The molecule has 0 saturated carbocycles. The summed E-state index contributed by atoms with van der Waals surface area (Å²) in [5.74, 6) is 0.600. The molecular formula is C13H22N2O3S2. The molecule has 20 heavy (non-hydrogen) atoms. The maximum Gasteiger partial charge on any atom is 0.214 e. The molecule has 0 saturated heterocycles. The summed E-state index contributed by atoms with van der Waals surface area (Å²) < 4.78 is 25.7. The molecule has 114 valence electrons. The van der Waals surface area contributed by atoms with Crippen molar-refractivity contribution in [3.63, 3.8) is 0 Å². The zero-order valence-corrected chi connectivity index (χ0v) is 13.3. The molecular weight excluding hydrogens is 296 g/mol. The minimum Gasteiger partial charge on any atom is -0.399 e. The highest BCUT2D eigenvalue weighted by Crippen LogP contribution is 2.19. The van der Waals surface area contributed by atoms with Gasteiger partial charge in [-0.3, -0.25) is 0 Å². The summed E-state index contributed by atoms with van der Waals surface area (Å²) >= 11 is 1.50. The summed E-state index contributed by atoms with van der Waals surface area (Å²) in [5.41, 5.74) is 6.29. The van der Waals surface area contributed by atoms with E-state index in [9.17, 15) is 8.42 Å². The van der Waals surface area contributed by atoms with Gasteiger partial charge in [0.15, 0.2) is 0 Å². The molecule has 0 radical (unpaired) electrons. The Balaban J connectivity index is 2.47. The van der Waals surface area contributed by atoms with Crippen LogP contribution in [0.5, 0.6) is 0 Å². The van der Waals surface area contributed by atoms with Gasteiger partial charge in [0.25, 0.3) is 0 Å². The van der Waals surface area contributed by atoms with Crippen LogP contribution in [0.4, 0.5) is 5.69 Å². The molecule has 0 unspecified atom stereocenters. The van der Waals surface area contributed by atoms with Gasteiger partial charge in [0.2, 0.25) is 10.0 Å². The summed E-state index contributed by atoms with van der Waals surface area (Å²) in [7, 11) is -3.25. The van der Waals surface area contributed by atoms with E-state index in [4.69, 9.17) is 10.8 Å². The molecule has 7 heteroatoms. The zero-order chi connectivity index (χ0) is 15.0. The van der Waals surface area contributed by atoms with Crippen molar-refractivity contribution in [1.82, 2.24) is 4.31 Å². The molecule has 0 heterocycles. The van der Waals surface area contributed by atoms with Crippen LogP contribution in [-0.2, 0) is 10.0 Å². The third-order valence-electron chi connectivity index (χ3n) is 2.80. The predicted octanol–water partition coefficient (Wildman–Crippen LogP) is 1.39. The number of hydrogen-bond acceptors (Lipinski definition) is 5. The number of anilines is 1. The number of hydrogen-bond donors (Lipinski definition) is 2. The Labute approximate surface area is 125 Å². The van der Waals surface area contributed by atoms with Crippen molar-refractivity contribution in [1.29, 1.82) is 0 Å². The van der Waals surface area contributed by atoms with Crippen molar-refractivity contribution in [2.24, 2.45) is 0 Å². The lowest BCUT2D eigenvalue weighted by Gasteiger charge is -2.19. The largest absolute Gasteiger partial charge is 0.399 e. The van der Waals surface area contributed by atoms with Gasteiger partial charge in [-0.25, -0.2) is 12.7 Å². The first-order valence-electron chi connectivity index (χ1n) is 6.56. The first kappa shape index (κ1) is 17.3. The summed E-state index contributed by atoms with van der Waals surface area (Å²) in [5, 5.41) is 8.79. The second-order valence-electron chi connectivity index (χ2n) is 4.30. The Morgan fingerprint density at radius 3 is 2.50 bits per heavy atom. The van der Waals surface area contributed by atoms with Crippen molar-refractivity contribution in [3.05, 3.63) is 24.3 Å². The number of benzene rings is 1. The van der Waals surface area contributed by atoms with E-state index in [0.29, 0.717) is 31.0 Å². The number of nitrogens with two attached hydrogens (primary N) is 1. The van der Waals surface area contributed by atoms with Gasteiger partial charge in [-0.05, 0) is 30.7 Å². The molecule has 0 amide bonds. The molecule has 0 aromatic heterocycles. The summed E-state index contributed by atoms with van der Waals surface area (Å²) in [4.78, 5) is 1.01. The fraction of sp³-hybridized carbons (Fsp3) is 0.538. The molecule has 0 aliphatic heterocycles. The quantitative estimate of drug-likeness (QED) is 0.531. The maximum atomic E-state index is 12.1. The number of sulfonamides is 1. The summed E-state index contributed by atoms with van der Waals surface area (Å²) in [6.45, 7) is 2.63. The van der Waals surface area contributed by atoms with E-state index >= 15 is 0 Å². The minimum absolute atomic E-state index is 0.00616. The van der Waals surface area contributed by atoms with E-state index < -0.39 is 10.0 Å². The van der Waals surface area contributed by atoms with Gasteiger partial charge in [0, 0.05) is 36.0 Å². The van der Waals surface area contributed by atoms with E-state index in [-0.39, 0.29) is 12.4 Å². The maximum absolute atomic E-state index is 12.1. The Bertz CT molecular complexity index is 489. The van der Waals surface area contributed by atoms with Crippen molar-refractivity contribution in [2.75, 3.05) is 36.9 Å². The molecule has 0 fully saturated rings. The second kappa shape index (κ2) is 8.51. The lowest BCUT2D eigenvalue weighted by molar-refractivity contribution is 0.271. The van der Waals surface area contributed by atoms with Gasteiger partial charge >= 0.3 is 0 Å². The van der Waals surface area contributed by atoms with Crippen LogP contribution < -0.4 is 5.73 Å². The average Bonchev–Trinajstić information content (AvgIpc) is 2.41. The predicted molar refractivity (Wildman–Crippen MR) is 84.3 cm³/mol. The highest BCUT2D eigenvalue weighted by Gasteiger charge is 2.19. The zero-order valence-electron chi connectivity index (χ0n) is 11.7. The van der Waals surface area contributed by atoms with E-state index in [1.54, 1.807) is 12.1 Å². The highest BCUT2D eigenvalue weighted by molar-refractivity contribution is 8.00. The molecule has 1 aromatic rings. The number of nitrogen functional groups attached to an aromatic ring is 1. The molecule has 5 nitrogen and oxygen atoms in total. The Kier molecular flexibility index (Phi) is 7.36. The van der Waals surface area contributed by atoms with Crippen LogP contribution in [0.15, 0.2) is 29.2 Å². The molecule has 0 atom stereocenters. The molecule has 3 N–H and O–H groups in total. The van der Waals surface area contributed by atoms with Crippen LogP contribution in [0.25, 0.3) is 0 Å². The lowest BCUT2D eigenvalue weighted by atomic mass is 10.3. The fourth-order valence-electron chi connectivity index (χ4n) is 1.70. The molecule has 1 aromatic carbocycles. The van der Waals surface area contributed by atoms with Crippen LogP contribution in [0.2, 0.25) is 0 Å². The molecule has 1 rings (SSSR count). The summed E-state index contributed by atoms with van der Waals surface area (Å²) in [6.07, 6.45) is 0.470. The first-order chi connectivity index (χ1) is 9.49. The van der Waals surface area contributed by atoms with Crippen molar-refractivity contribution >= 4 is 27.5 Å². The van der Waals surface area contributed by atoms with Crippen molar-refractivity contribution in [3.8, 4) is 0 Å². The minimum atomic E-state index is -3.25. The highest BCUT2D eigenvalue weighted by atomic mass is 32.2. The number of aliphatic hydroxyl groups is 1. The smallest absolute Gasteiger partial charge is 0.214 e. The van der Waals surface area contributed by atoms with Gasteiger partial charge in [-0.15, -0.1) is 11.8 Å². The third-order valence-corrected chi connectivity index (χ3v) is 6.02. The van der Waals surface area contributed by atoms with E-state index in [0.717, 1.165) is 4.90 Å². The van der Waals surface area contributed by atoms with Crippen LogP contribution in [0, 0.1) is 0 Å². The standard InChI is InChI=1S/C13H22N2O3S2/c1-2-15(8-3-9-16)20(17,18)11-10-19-13-6-4-12(14)5-7-13/h4-7,16H,2-3,8-11,14H2,1H3. The van der Waals surface area contributed by atoms with Gasteiger partial charge in [0.05, 0.1) is 5.75 Å². The normalized spacial score (nSPS) is 11.9. The number of nitrogens with zero attached hydrogens (tertiary/aromatic N) is 1. The van der Waals surface area contributed by atoms with Crippen molar-refractivity contribution < 1.29 is 13.5 Å². The molecule has 0 spiro atoms. The molecule has 0 aliphatic rings. The van der Waals surface area contributed by atoms with E-state index in [1.165, 1.54) is 16.1 Å². The first-order valence-corrected chi connectivity index (χ1v) is 9.16. The summed E-state index contributed by atoms with van der Waals surface area (Å²) in [6, 6.07) is 7.37. The second-order valence-corrected chi connectivity index (χ2v) is 7.56. The average molecular weight is 318 g/mol. The Morgan fingerprint density at radius 1 is 1.30 bits per heavy atom. The fourth-order valence-corrected chi connectivity index (χ4v) is 4.50. The van der Waals surface area contributed by atoms with Gasteiger partial charge < -0.3 is 10.8 Å². The van der Waals surface area contributed by atoms with Crippen LogP contribution in [0.1, 0.15) is 13.3 Å². The Hall–Kier alpha value is -0.760. The van der Waals surface area contributed by atoms with Crippen LogP contribution >= 0.6 is 11.8 Å². The third kappa shape index (κ3) is 5.70. The molecule has 0 bridgehead atoms. The van der Waals surface area contributed by atoms with E-state index in [2.05, 4.69) is 0 Å². The number of rotatable bonds is 9. The lowest BCUT2D eigenvalue weighted by Crippen LogP contribution is -2.34. The molecule has 0 aliphatic carbocycles. The van der Waals surface area contributed by atoms with Crippen molar-refractivity contribution in [2.45, 2.75) is 18.2 Å². The monoisotopic (exact) mass is 318 g/mol. The SMILES string of the molecule is CCN(CCCO)S(=O)(=O)CCSc1ccc(N)cc1. The van der Waals surface area contributed by atoms with Crippen LogP contribution in [0.3, 0.4) is 0 Å².